The maximum absolute atomic E-state index is 10.8. The Bertz CT molecular complexity index is 1990. The molecule has 2 aliphatic rings. The summed E-state index contributed by atoms with van der Waals surface area (Å²) in [5, 5.41) is 0. The summed E-state index contributed by atoms with van der Waals surface area (Å²) in [4.78, 5) is 50.9. The van der Waals surface area contributed by atoms with E-state index in [-0.39, 0.29) is 54.3 Å². The molecule has 0 saturated carbocycles. The Morgan fingerprint density at radius 2 is 1.34 bits per heavy atom. The minimum atomic E-state index is -0.995. The Balaban J connectivity index is 0.000000500. The minimum absolute atomic E-state index is 0. The summed E-state index contributed by atoms with van der Waals surface area (Å²) in [5.74, 6) is 0.884. The quantitative estimate of drug-likeness (QED) is 0.140. The van der Waals surface area contributed by atoms with Gasteiger partial charge < -0.3 is 45.2 Å². The van der Waals surface area contributed by atoms with Gasteiger partial charge in [0.15, 0.2) is 0 Å². The summed E-state index contributed by atoms with van der Waals surface area (Å²) in [7, 11) is 2.27. The fourth-order valence-corrected chi connectivity index (χ4v) is 6.44. The summed E-state index contributed by atoms with van der Waals surface area (Å²) < 4.78 is 13.8. The van der Waals surface area contributed by atoms with Crippen LogP contribution in [0.1, 0.15) is 16.7 Å². The van der Waals surface area contributed by atoms with Gasteiger partial charge in [-0.2, -0.15) is 8.58 Å². The first-order valence-electron chi connectivity index (χ1n) is 14.4. The number of aryl methyl sites for hydroxylation is 2. The molecule has 50 heavy (non-hydrogen) atoms. The van der Waals surface area contributed by atoms with Gasteiger partial charge in [0.2, 0.25) is 12.2 Å². The van der Waals surface area contributed by atoms with Crippen molar-refractivity contribution in [2.24, 2.45) is 0 Å². The van der Waals surface area contributed by atoms with Crippen LogP contribution in [-0.4, -0.2) is 53.4 Å². The molecule has 16 heteroatoms. The first kappa shape index (κ1) is 40.3. The zero-order valence-electron chi connectivity index (χ0n) is 26.7. The minimum Gasteiger partial charge on any atom is -0.632 e. The molecule has 2 aromatic heterocycles. The molecule has 0 saturated heterocycles. The fraction of sp³-hybridized carbons (Fsp3) is 0.147. The molecule has 0 bridgehead atoms. The summed E-state index contributed by atoms with van der Waals surface area (Å²) in [6.07, 6.45) is 1.70. The van der Waals surface area contributed by atoms with Crippen molar-refractivity contribution in [1.82, 2.24) is 15.0 Å². The van der Waals surface area contributed by atoms with Gasteiger partial charge in [0, 0.05) is 22.3 Å². The number of methoxy groups -OCH3 is 2. The smallest absolute Gasteiger partial charge is 0.632 e. The van der Waals surface area contributed by atoms with Gasteiger partial charge in [0.05, 0.1) is 31.7 Å². The van der Waals surface area contributed by atoms with E-state index < -0.39 is 12.2 Å². The number of imidazole rings is 1. The maximum atomic E-state index is 10.8. The number of aromatic amines is 2. The number of carbonyl (C=O) groups is 2. The molecule has 7 rings (SSSR count). The molecular formula is C34H29N5O7P2V2. The number of nitrogens with zero attached hydrogens (tertiary/aromatic N) is 1. The predicted octanol–water partition coefficient (Wildman–Crippen LogP) is 6.74. The second-order valence-corrected chi connectivity index (χ2v) is 12.3. The molecule has 2 atom stereocenters. The van der Waals surface area contributed by atoms with E-state index in [1.54, 1.807) is 6.20 Å². The van der Waals surface area contributed by atoms with E-state index in [2.05, 4.69) is 85.1 Å². The topological polar surface area (TPSA) is 188 Å². The van der Waals surface area contributed by atoms with Crippen molar-refractivity contribution < 1.29 is 70.5 Å². The maximum Gasteiger partial charge on any atom is 2.00 e. The van der Waals surface area contributed by atoms with Crippen LogP contribution in [0.5, 0.6) is 5.75 Å². The monoisotopic (exact) mass is 783 g/mol. The van der Waals surface area contributed by atoms with Gasteiger partial charge in [-0.3, -0.25) is 9.59 Å². The van der Waals surface area contributed by atoms with Crippen molar-refractivity contribution in [3.05, 3.63) is 95.0 Å². The molecule has 1 aliphatic heterocycles. The second kappa shape index (κ2) is 18.7. The number of nitrogens with one attached hydrogen (secondary N) is 4. The molecule has 3 heterocycles. The Labute approximate surface area is 315 Å². The number of aromatic nitrogens is 3. The van der Waals surface area contributed by atoms with Crippen LogP contribution in [0, 0.1) is 0 Å². The average molecular weight is 783 g/mol. The van der Waals surface area contributed by atoms with Crippen LogP contribution in [-0.2, 0) is 75.6 Å². The molecular weight excluding hydrogens is 754 g/mol. The van der Waals surface area contributed by atoms with E-state index in [0.29, 0.717) is 12.2 Å². The molecule has 5 aromatic rings. The molecule has 1 aliphatic carbocycles. The first-order valence-corrected chi connectivity index (χ1v) is 16.4. The van der Waals surface area contributed by atoms with Crippen molar-refractivity contribution in [3.8, 4) is 50.5 Å². The Kier molecular flexibility index (Phi) is 15.1. The van der Waals surface area contributed by atoms with Crippen molar-refractivity contribution in [3.63, 3.8) is 0 Å². The number of rotatable bonds is 6. The van der Waals surface area contributed by atoms with Gasteiger partial charge in [-0.1, -0.05) is 42.5 Å². The van der Waals surface area contributed by atoms with Crippen molar-refractivity contribution in [2.45, 2.75) is 19.4 Å². The van der Waals surface area contributed by atoms with Crippen molar-refractivity contribution in [1.29, 1.82) is 0 Å². The van der Waals surface area contributed by atoms with Gasteiger partial charge in [-0.05, 0) is 70.0 Å². The molecule has 2 radical (unpaired) electrons. The van der Waals surface area contributed by atoms with Crippen LogP contribution >= 0.6 is 17.2 Å². The number of hydrogen-bond donors (Lipinski definition) is 2. The van der Waals surface area contributed by atoms with E-state index >= 15 is 0 Å². The number of carbonyl (C=O) groups excluding carboxylic acids is 4. The predicted molar refractivity (Wildman–Crippen MR) is 187 cm³/mol. The fourth-order valence-electron chi connectivity index (χ4n) is 5.47. The molecule has 4 N–H and O–H groups in total. The van der Waals surface area contributed by atoms with E-state index in [1.807, 2.05) is 12.1 Å². The van der Waals surface area contributed by atoms with Crippen molar-refractivity contribution >= 4 is 52.4 Å². The summed E-state index contributed by atoms with van der Waals surface area (Å²) in [5.41, 5.74) is 26.0. The van der Waals surface area contributed by atoms with Crippen LogP contribution in [0.2, 0.25) is 0 Å². The van der Waals surface area contributed by atoms with E-state index in [4.69, 9.17) is 16.2 Å². The Morgan fingerprint density at radius 3 is 2.00 bits per heavy atom. The van der Waals surface area contributed by atoms with Crippen molar-refractivity contribution in [2.75, 3.05) is 14.2 Å². The van der Waals surface area contributed by atoms with Crippen LogP contribution in [0.25, 0.3) is 56.2 Å². The molecule has 2 unspecified atom stereocenters. The third-order valence-corrected chi connectivity index (χ3v) is 8.88. The van der Waals surface area contributed by atoms with E-state index in [1.165, 1.54) is 16.7 Å². The average Bonchev–Trinajstić information content (AvgIpc) is 3.75. The number of benzene rings is 3. The first-order chi connectivity index (χ1) is 23.2. The third kappa shape index (κ3) is 9.55. The summed E-state index contributed by atoms with van der Waals surface area (Å²) >= 11 is 0. The van der Waals surface area contributed by atoms with Crippen LogP contribution < -0.4 is 15.7 Å². The van der Waals surface area contributed by atoms with Gasteiger partial charge in [-0.15, -0.1) is 0 Å². The number of H-pyrrole nitrogens is 2. The standard InChI is InChI=1S/C30H21N3O3P2.2C2H5NO2.2V/c34-15-37-28-12-21-2-1-19-9-17(3-7-24(19)29(21)33-28)18-4-8-25-23-6-5-20(10-22(23)14-36-27(25)11-18)26-13-31-30(32-26)38-16-35;2*1-5-2(3)4;;/h3-13,33,37-38H,1-2,14H2,(H,31,32);2*1H3,(H2,3,4);;/q-2;;;2*+2/p-2. The number of fused-ring (bicyclic) bond motifs is 6. The second-order valence-electron chi connectivity index (χ2n) is 10.4. The largest absolute Gasteiger partial charge is 2.00 e. The van der Waals surface area contributed by atoms with E-state index in [0.717, 1.165) is 83.0 Å². The van der Waals surface area contributed by atoms with Crippen LogP contribution in [0.4, 0.5) is 9.59 Å². The zero-order valence-corrected chi connectivity index (χ0v) is 31.5. The zero-order chi connectivity index (χ0) is 34.2. The molecule has 3 aromatic carbocycles. The van der Waals surface area contributed by atoms with Crippen LogP contribution in [0.15, 0.2) is 66.9 Å². The third-order valence-electron chi connectivity index (χ3n) is 7.64. The summed E-state index contributed by atoms with van der Waals surface area (Å²) in [6, 6.07) is 25.4. The van der Waals surface area contributed by atoms with E-state index in [9.17, 15) is 19.2 Å². The molecule has 0 spiro atoms. The number of hydrogen-bond acceptors (Lipinski definition) is 8. The SMILES string of the molecule is COC([NH-])=O.COC([NH-])=O.O=[C-]Pc1cc2c([nH]1)-c1ccc(-c3ccc4c(c3)OCc3cc(-c5cnc(P[C-]=O)[nH]5)ccc3-4)cc1CC2.[V+2].[V+2]. The van der Waals surface area contributed by atoms with Gasteiger partial charge in [-0.25, -0.2) is 25.6 Å². The molecule has 12 nitrogen and oxygen atoms in total. The van der Waals surface area contributed by atoms with Crippen LogP contribution in [0.3, 0.4) is 0 Å². The molecule has 2 amide bonds. The summed E-state index contributed by atoms with van der Waals surface area (Å²) in [6.45, 7) is 0.492. The van der Waals surface area contributed by atoms with Gasteiger partial charge in [0.1, 0.15) is 12.4 Å². The molecule has 252 valence electrons. The Morgan fingerprint density at radius 1 is 0.760 bits per heavy atom. The number of amides is 2. The van der Waals surface area contributed by atoms with Gasteiger partial charge in [0.25, 0.3) is 0 Å². The Hall–Kier alpha value is -4.14. The molecule has 0 fully saturated rings. The normalized spacial score (nSPS) is 11.7. The van der Waals surface area contributed by atoms with Gasteiger partial charge >= 0.3 is 37.1 Å². The number of ether oxygens (including phenoxy) is 3.